The number of amides is 2. The molecule has 0 bridgehead atoms. The number of benzene rings is 2. The molecule has 4 N–H and O–H groups in total. The van der Waals surface area contributed by atoms with Gasteiger partial charge >= 0.3 is 6.03 Å². The standard InChI is InChI=1S/C20H27N3O5/c1-5-27-17-11-15(21)18(28-6-2)9-13(17)12-22-20(24)23-14-7-8-16(25-3)19(10-14)26-4/h7-11H,5-6,12,21H2,1-4H3,(H2,22,23,24). The van der Waals surface area contributed by atoms with E-state index in [1.165, 1.54) is 7.11 Å². The van der Waals surface area contributed by atoms with Gasteiger partial charge in [-0.25, -0.2) is 4.79 Å². The molecule has 152 valence electrons. The van der Waals surface area contributed by atoms with Crippen LogP contribution >= 0.6 is 0 Å². The van der Waals surface area contributed by atoms with Crippen LogP contribution < -0.4 is 35.3 Å². The Morgan fingerprint density at radius 2 is 1.61 bits per heavy atom. The number of hydrogen-bond donors (Lipinski definition) is 3. The van der Waals surface area contributed by atoms with Crippen molar-refractivity contribution >= 4 is 17.4 Å². The highest BCUT2D eigenvalue weighted by molar-refractivity contribution is 5.89. The van der Waals surface area contributed by atoms with Crippen LogP contribution in [0.4, 0.5) is 16.2 Å². The zero-order valence-corrected chi connectivity index (χ0v) is 16.6. The molecule has 2 amide bonds. The fourth-order valence-electron chi connectivity index (χ4n) is 2.59. The first-order chi connectivity index (χ1) is 13.5. The number of rotatable bonds is 9. The van der Waals surface area contributed by atoms with Crippen molar-refractivity contribution in [2.45, 2.75) is 20.4 Å². The molecule has 8 heteroatoms. The van der Waals surface area contributed by atoms with Crippen LogP contribution in [0.25, 0.3) is 0 Å². The largest absolute Gasteiger partial charge is 0.493 e. The molecule has 0 aliphatic rings. The van der Waals surface area contributed by atoms with E-state index in [0.717, 1.165) is 5.56 Å². The van der Waals surface area contributed by atoms with Crippen LogP contribution in [-0.2, 0) is 6.54 Å². The zero-order valence-electron chi connectivity index (χ0n) is 16.6. The monoisotopic (exact) mass is 389 g/mol. The van der Waals surface area contributed by atoms with Crippen molar-refractivity contribution in [2.24, 2.45) is 0 Å². The van der Waals surface area contributed by atoms with Crippen molar-refractivity contribution < 1.29 is 23.7 Å². The topological polar surface area (TPSA) is 104 Å². The molecular formula is C20H27N3O5. The molecule has 2 aromatic rings. The van der Waals surface area contributed by atoms with Crippen LogP contribution in [0.3, 0.4) is 0 Å². The minimum atomic E-state index is -0.371. The maximum absolute atomic E-state index is 12.3. The Balaban J connectivity index is 2.08. The van der Waals surface area contributed by atoms with E-state index < -0.39 is 0 Å². The van der Waals surface area contributed by atoms with Gasteiger partial charge < -0.3 is 35.3 Å². The second-order valence-electron chi connectivity index (χ2n) is 5.74. The van der Waals surface area contributed by atoms with E-state index in [1.54, 1.807) is 37.4 Å². The lowest BCUT2D eigenvalue weighted by Gasteiger charge is -2.16. The number of methoxy groups -OCH3 is 2. The number of nitrogens with two attached hydrogens (primary N) is 1. The van der Waals surface area contributed by atoms with Gasteiger partial charge in [-0.2, -0.15) is 0 Å². The van der Waals surface area contributed by atoms with Gasteiger partial charge in [0.05, 0.1) is 33.1 Å². The Hall–Kier alpha value is -3.29. The van der Waals surface area contributed by atoms with Gasteiger partial charge in [0.25, 0.3) is 0 Å². The summed E-state index contributed by atoms with van der Waals surface area (Å²) in [4.78, 5) is 12.3. The highest BCUT2D eigenvalue weighted by Crippen LogP contribution is 2.32. The highest BCUT2D eigenvalue weighted by Gasteiger charge is 2.12. The van der Waals surface area contributed by atoms with Gasteiger partial charge in [-0.3, -0.25) is 0 Å². The van der Waals surface area contributed by atoms with E-state index in [2.05, 4.69) is 10.6 Å². The van der Waals surface area contributed by atoms with E-state index in [9.17, 15) is 4.79 Å². The number of urea groups is 1. The molecule has 0 unspecified atom stereocenters. The molecule has 0 atom stereocenters. The van der Waals surface area contributed by atoms with Crippen LogP contribution in [0.1, 0.15) is 19.4 Å². The van der Waals surface area contributed by atoms with Crippen LogP contribution in [-0.4, -0.2) is 33.5 Å². The van der Waals surface area contributed by atoms with E-state index >= 15 is 0 Å². The molecule has 0 aliphatic heterocycles. The molecule has 0 saturated heterocycles. The van der Waals surface area contributed by atoms with Gasteiger partial charge in [-0.05, 0) is 32.0 Å². The van der Waals surface area contributed by atoms with Crippen LogP contribution in [0.5, 0.6) is 23.0 Å². The predicted octanol–water partition coefficient (Wildman–Crippen LogP) is 3.41. The molecule has 28 heavy (non-hydrogen) atoms. The summed E-state index contributed by atoms with van der Waals surface area (Å²) >= 11 is 0. The van der Waals surface area contributed by atoms with Crippen LogP contribution in [0, 0.1) is 0 Å². The summed E-state index contributed by atoms with van der Waals surface area (Å²) in [5.74, 6) is 2.27. The summed E-state index contributed by atoms with van der Waals surface area (Å²) in [5.41, 5.74) is 7.82. The van der Waals surface area contributed by atoms with Gasteiger partial charge in [0.15, 0.2) is 11.5 Å². The molecule has 8 nitrogen and oxygen atoms in total. The maximum atomic E-state index is 12.3. The van der Waals surface area contributed by atoms with E-state index in [4.69, 9.17) is 24.7 Å². The molecule has 2 aromatic carbocycles. The number of nitrogens with one attached hydrogen (secondary N) is 2. The fraction of sp³-hybridized carbons (Fsp3) is 0.350. The molecule has 0 radical (unpaired) electrons. The van der Waals surface area contributed by atoms with Gasteiger partial charge in [0.1, 0.15) is 11.5 Å². The van der Waals surface area contributed by atoms with E-state index in [0.29, 0.717) is 47.6 Å². The van der Waals surface area contributed by atoms with Crippen LogP contribution in [0.15, 0.2) is 30.3 Å². The number of hydrogen-bond acceptors (Lipinski definition) is 6. The van der Waals surface area contributed by atoms with Crippen molar-refractivity contribution in [3.05, 3.63) is 35.9 Å². The summed E-state index contributed by atoms with van der Waals surface area (Å²) in [6.07, 6.45) is 0. The first kappa shape index (κ1) is 21.0. The van der Waals surface area contributed by atoms with Gasteiger partial charge in [0.2, 0.25) is 0 Å². The lowest BCUT2D eigenvalue weighted by molar-refractivity contribution is 0.251. The molecule has 0 spiro atoms. The third kappa shape index (κ3) is 5.35. The van der Waals surface area contributed by atoms with Crippen molar-refractivity contribution in [1.82, 2.24) is 5.32 Å². The first-order valence-corrected chi connectivity index (χ1v) is 8.97. The second kappa shape index (κ2) is 10.1. The highest BCUT2D eigenvalue weighted by atomic mass is 16.5. The van der Waals surface area contributed by atoms with Gasteiger partial charge in [-0.15, -0.1) is 0 Å². The number of carbonyl (C=O) groups excluding carboxylic acids is 1. The normalized spacial score (nSPS) is 10.1. The predicted molar refractivity (Wildman–Crippen MR) is 109 cm³/mol. The Labute approximate surface area is 164 Å². The number of carbonyl (C=O) groups is 1. The van der Waals surface area contributed by atoms with Gasteiger partial charge in [-0.1, -0.05) is 0 Å². The average molecular weight is 389 g/mol. The number of anilines is 2. The molecule has 0 saturated carbocycles. The first-order valence-electron chi connectivity index (χ1n) is 8.97. The van der Waals surface area contributed by atoms with Crippen LogP contribution in [0.2, 0.25) is 0 Å². The van der Waals surface area contributed by atoms with Crippen molar-refractivity contribution in [2.75, 3.05) is 38.5 Å². The zero-order chi connectivity index (χ0) is 20.5. The van der Waals surface area contributed by atoms with E-state index in [-0.39, 0.29) is 12.6 Å². The average Bonchev–Trinajstić information content (AvgIpc) is 2.69. The van der Waals surface area contributed by atoms with Gasteiger partial charge in [0, 0.05) is 29.9 Å². The summed E-state index contributed by atoms with van der Waals surface area (Å²) in [5, 5.41) is 5.56. The third-order valence-electron chi connectivity index (χ3n) is 3.87. The quantitative estimate of drug-likeness (QED) is 0.568. The van der Waals surface area contributed by atoms with Crippen molar-refractivity contribution in [3.8, 4) is 23.0 Å². The fourth-order valence-corrected chi connectivity index (χ4v) is 2.59. The van der Waals surface area contributed by atoms with E-state index in [1.807, 2.05) is 13.8 Å². The minimum absolute atomic E-state index is 0.245. The number of ether oxygens (including phenoxy) is 4. The molecule has 0 aromatic heterocycles. The summed E-state index contributed by atoms with van der Waals surface area (Å²) in [6.45, 7) is 4.98. The number of nitrogen functional groups attached to an aromatic ring is 1. The second-order valence-corrected chi connectivity index (χ2v) is 5.74. The molecule has 2 rings (SSSR count). The Kier molecular flexibility index (Phi) is 7.62. The van der Waals surface area contributed by atoms with Crippen molar-refractivity contribution in [3.63, 3.8) is 0 Å². The molecular weight excluding hydrogens is 362 g/mol. The minimum Gasteiger partial charge on any atom is -0.493 e. The molecule has 0 heterocycles. The molecule has 0 aliphatic carbocycles. The summed E-state index contributed by atoms with van der Waals surface area (Å²) in [6, 6.07) is 8.24. The Morgan fingerprint density at radius 3 is 2.25 bits per heavy atom. The Morgan fingerprint density at radius 1 is 0.929 bits per heavy atom. The lowest BCUT2D eigenvalue weighted by Crippen LogP contribution is -2.28. The smallest absolute Gasteiger partial charge is 0.319 e. The summed E-state index contributed by atoms with van der Waals surface area (Å²) < 4.78 is 21.6. The summed E-state index contributed by atoms with van der Waals surface area (Å²) in [7, 11) is 3.09. The third-order valence-corrected chi connectivity index (χ3v) is 3.87. The Bertz CT molecular complexity index is 811. The SMILES string of the molecule is CCOc1cc(CNC(=O)Nc2ccc(OC)c(OC)c2)c(OCC)cc1N. The van der Waals surface area contributed by atoms with Crippen molar-refractivity contribution in [1.29, 1.82) is 0 Å². The molecule has 0 fully saturated rings. The lowest BCUT2D eigenvalue weighted by atomic mass is 10.1. The maximum Gasteiger partial charge on any atom is 0.319 e.